The minimum absolute atomic E-state index is 0.262. The molecule has 3 aromatic rings. The smallest absolute Gasteiger partial charge is 0.296 e. The molecule has 0 fully saturated rings. The molecule has 1 heterocycles. The normalized spacial score (nSPS) is 13.2. The summed E-state index contributed by atoms with van der Waals surface area (Å²) in [6.45, 7) is 0. The number of alkyl halides is 3. The van der Waals surface area contributed by atoms with Gasteiger partial charge in [0.15, 0.2) is 5.82 Å². The van der Waals surface area contributed by atoms with Crippen molar-refractivity contribution < 1.29 is 13.2 Å². The maximum atomic E-state index is 13.0. The molecule has 8 heteroatoms. The van der Waals surface area contributed by atoms with E-state index in [-0.39, 0.29) is 11.7 Å². The zero-order valence-corrected chi connectivity index (χ0v) is 13.6. The second kappa shape index (κ2) is 6.64. The van der Waals surface area contributed by atoms with Gasteiger partial charge in [-0.2, -0.15) is 17.9 Å². The van der Waals surface area contributed by atoms with Crippen molar-refractivity contribution in [1.29, 1.82) is 0 Å². The minimum Gasteiger partial charge on any atom is -0.296 e. The molecule has 1 atom stereocenters. The molecule has 0 aliphatic heterocycles. The number of rotatable bonds is 4. The highest BCUT2D eigenvalue weighted by Gasteiger charge is 2.31. The van der Waals surface area contributed by atoms with Gasteiger partial charge in [-0.15, -0.1) is 5.10 Å². The first-order chi connectivity index (χ1) is 11.9. The molecule has 130 valence electrons. The first kappa shape index (κ1) is 17.1. The predicted octanol–water partition coefficient (Wildman–Crippen LogP) is 3.33. The predicted molar refractivity (Wildman–Crippen MR) is 86.1 cm³/mol. The lowest BCUT2D eigenvalue weighted by molar-refractivity contribution is -0.137. The molecule has 3 rings (SSSR count). The largest absolute Gasteiger partial charge is 0.416 e. The van der Waals surface area contributed by atoms with Gasteiger partial charge >= 0.3 is 6.18 Å². The summed E-state index contributed by atoms with van der Waals surface area (Å²) in [4.78, 5) is 1.91. The van der Waals surface area contributed by atoms with Crippen molar-refractivity contribution >= 4 is 0 Å². The number of halogens is 3. The average Bonchev–Trinajstić information content (AvgIpc) is 3.04. The van der Waals surface area contributed by atoms with Gasteiger partial charge < -0.3 is 0 Å². The quantitative estimate of drug-likeness (QED) is 0.726. The van der Waals surface area contributed by atoms with E-state index in [0.29, 0.717) is 5.82 Å². The van der Waals surface area contributed by atoms with E-state index >= 15 is 0 Å². The molecule has 5 nitrogen and oxygen atoms in total. The number of nitrogens with zero attached hydrogens (tertiary/aromatic N) is 5. The molecule has 0 saturated carbocycles. The SMILES string of the molecule is CN(C)C(c1ccccc1)c1nnnn1-c1cccc(C(F)(F)F)c1. The molecule has 0 N–H and O–H groups in total. The molecular formula is C17H16F3N5. The van der Waals surface area contributed by atoms with E-state index in [1.807, 2.05) is 49.3 Å². The van der Waals surface area contributed by atoms with Gasteiger partial charge in [0.2, 0.25) is 0 Å². The van der Waals surface area contributed by atoms with Crippen LogP contribution < -0.4 is 0 Å². The Morgan fingerprint density at radius 2 is 1.72 bits per heavy atom. The Labute approximate surface area is 142 Å². The van der Waals surface area contributed by atoms with Gasteiger partial charge in [-0.25, -0.2) is 0 Å². The van der Waals surface area contributed by atoms with Crippen molar-refractivity contribution in [2.45, 2.75) is 12.2 Å². The van der Waals surface area contributed by atoms with E-state index in [1.54, 1.807) is 6.07 Å². The molecule has 1 unspecified atom stereocenters. The van der Waals surface area contributed by atoms with Gasteiger partial charge in [0.05, 0.1) is 17.3 Å². The summed E-state index contributed by atoms with van der Waals surface area (Å²) in [7, 11) is 3.73. The number of hydrogen-bond donors (Lipinski definition) is 0. The molecule has 0 spiro atoms. The van der Waals surface area contributed by atoms with E-state index in [0.717, 1.165) is 17.7 Å². The summed E-state index contributed by atoms with van der Waals surface area (Å²) >= 11 is 0. The lowest BCUT2D eigenvalue weighted by atomic mass is 10.1. The van der Waals surface area contributed by atoms with Crippen LogP contribution in [-0.2, 0) is 6.18 Å². The zero-order valence-electron chi connectivity index (χ0n) is 13.6. The van der Waals surface area contributed by atoms with E-state index in [2.05, 4.69) is 15.5 Å². The zero-order chi connectivity index (χ0) is 18.0. The fourth-order valence-electron chi connectivity index (χ4n) is 2.68. The topological polar surface area (TPSA) is 46.8 Å². The number of aromatic nitrogens is 4. The molecule has 25 heavy (non-hydrogen) atoms. The van der Waals surface area contributed by atoms with Crippen LogP contribution in [0, 0.1) is 0 Å². The maximum Gasteiger partial charge on any atom is 0.416 e. The van der Waals surface area contributed by atoms with Crippen LogP contribution in [0.4, 0.5) is 13.2 Å². The van der Waals surface area contributed by atoms with Gasteiger partial charge in [-0.1, -0.05) is 36.4 Å². The van der Waals surface area contributed by atoms with Crippen LogP contribution in [0.15, 0.2) is 54.6 Å². The van der Waals surface area contributed by atoms with Crippen LogP contribution in [0.1, 0.15) is 23.0 Å². The van der Waals surface area contributed by atoms with Crippen molar-refractivity contribution in [3.8, 4) is 5.69 Å². The van der Waals surface area contributed by atoms with E-state index in [4.69, 9.17) is 0 Å². The van der Waals surface area contributed by atoms with Crippen LogP contribution in [0.3, 0.4) is 0 Å². The molecule has 0 saturated heterocycles. The summed E-state index contributed by atoms with van der Waals surface area (Å²) < 4.78 is 40.3. The summed E-state index contributed by atoms with van der Waals surface area (Å²) in [5.41, 5.74) is 0.459. The Kier molecular flexibility index (Phi) is 4.54. The van der Waals surface area contributed by atoms with Crippen molar-refractivity contribution in [3.63, 3.8) is 0 Å². The van der Waals surface area contributed by atoms with Crippen LogP contribution in [-0.4, -0.2) is 39.2 Å². The lowest BCUT2D eigenvalue weighted by Crippen LogP contribution is -2.24. The Hall–Kier alpha value is -2.74. The third-order valence-corrected chi connectivity index (χ3v) is 3.79. The minimum atomic E-state index is -4.43. The molecular weight excluding hydrogens is 331 g/mol. The average molecular weight is 347 g/mol. The van der Waals surface area contributed by atoms with Crippen molar-refractivity contribution in [3.05, 3.63) is 71.5 Å². The highest BCUT2D eigenvalue weighted by molar-refractivity contribution is 5.38. The Morgan fingerprint density at radius 3 is 2.36 bits per heavy atom. The molecule has 0 bridgehead atoms. The number of benzene rings is 2. The van der Waals surface area contributed by atoms with Crippen LogP contribution in [0.5, 0.6) is 0 Å². The third-order valence-electron chi connectivity index (χ3n) is 3.79. The lowest BCUT2D eigenvalue weighted by Gasteiger charge is -2.23. The van der Waals surface area contributed by atoms with Crippen molar-refractivity contribution in [2.75, 3.05) is 14.1 Å². The van der Waals surface area contributed by atoms with Gasteiger partial charge in [0.1, 0.15) is 0 Å². The fraction of sp³-hybridized carbons (Fsp3) is 0.235. The molecule has 0 amide bonds. The summed E-state index contributed by atoms with van der Waals surface area (Å²) in [6.07, 6.45) is -4.43. The second-order valence-corrected chi connectivity index (χ2v) is 5.77. The van der Waals surface area contributed by atoms with Gasteiger partial charge in [-0.3, -0.25) is 4.90 Å². The standard InChI is InChI=1S/C17H16F3N5/c1-24(2)15(12-7-4-3-5-8-12)16-21-22-23-25(16)14-10-6-9-13(11-14)17(18,19)20/h3-11,15H,1-2H3. The molecule has 1 aromatic heterocycles. The van der Waals surface area contributed by atoms with E-state index in [1.165, 1.54) is 10.7 Å². The highest BCUT2D eigenvalue weighted by Crippen LogP contribution is 2.31. The molecule has 2 aromatic carbocycles. The van der Waals surface area contributed by atoms with Gasteiger partial charge in [0.25, 0.3) is 0 Å². The Morgan fingerprint density at radius 1 is 1.00 bits per heavy atom. The third kappa shape index (κ3) is 3.53. The van der Waals surface area contributed by atoms with Gasteiger partial charge in [-0.05, 0) is 48.3 Å². The number of hydrogen-bond acceptors (Lipinski definition) is 4. The maximum absolute atomic E-state index is 13.0. The highest BCUT2D eigenvalue weighted by atomic mass is 19.4. The first-order valence-electron chi connectivity index (χ1n) is 7.55. The molecule has 0 aliphatic carbocycles. The Balaban J connectivity index is 2.09. The first-order valence-corrected chi connectivity index (χ1v) is 7.55. The van der Waals surface area contributed by atoms with Crippen molar-refractivity contribution in [2.24, 2.45) is 0 Å². The second-order valence-electron chi connectivity index (χ2n) is 5.77. The monoisotopic (exact) mass is 347 g/mol. The van der Waals surface area contributed by atoms with Gasteiger partial charge in [0, 0.05) is 0 Å². The summed E-state index contributed by atoms with van der Waals surface area (Å²) in [5, 5.41) is 11.6. The summed E-state index contributed by atoms with van der Waals surface area (Å²) in [5.74, 6) is 0.440. The van der Waals surface area contributed by atoms with E-state index in [9.17, 15) is 13.2 Å². The number of tetrazole rings is 1. The molecule has 0 aliphatic rings. The Bertz CT molecular complexity index is 843. The van der Waals surface area contributed by atoms with Crippen LogP contribution in [0.25, 0.3) is 5.69 Å². The summed E-state index contributed by atoms with van der Waals surface area (Å²) in [6, 6.07) is 14.2. The van der Waals surface area contributed by atoms with Crippen molar-refractivity contribution in [1.82, 2.24) is 25.1 Å². The van der Waals surface area contributed by atoms with E-state index < -0.39 is 11.7 Å². The van der Waals surface area contributed by atoms with Crippen LogP contribution in [0.2, 0.25) is 0 Å². The molecule has 0 radical (unpaired) electrons. The fourth-order valence-corrected chi connectivity index (χ4v) is 2.68. The van der Waals surface area contributed by atoms with Crippen LogP contribution >= 0.6 is 0 Å².